The average molecular weight is 486 g/mol. The van der Waals surface area contributed by atoms with Crippen molar-refractivity contribution in [2.75, 3.05) is 57.4 Å². The first-order chi connectivity index (χ1) is 12.8. The van der Waals surface area contributed by atoms with Gasteiger partial charge in [0.15, 0.2) is 5.96 Å². The Balaban J connectivity index is 0.00000261. The van der Waals surface area contributed by atoms with Gasteiger partial charge in [0.25, 0.3) is 0 Å². The third kappa shape index (κ3) is 5.98. The molecule has 2 aliphatic rings. The minimum absolute atomic E-state index is 0. The maximum Gasteiger partial charge on any atom is 0.193 e. The fourth-order valence-corrected chi connectivity index (χ4v) is 4.07. The summed E-state index contributed by atoms with van der Waals surface area (Å²) >= 11 is 0. The van der Waals surface area contributed by atoms with E-state index in [1.54, 1.807) is 0 Å². The monoisotopic (exact) mass is 486 g/mol. The number of benzene rings is 1. The molecule has 0 bridgehead atoms. The van der Waals surface area contributed by atoms with E-state index in [2.05, 4.69) is 59.3 Å². The lowest BCUT2D eigenvalue weighted by Gasteiger charge is -2.25. The van der Waals surface area contributed by atoms with Crippen molar-refractivity contribution in [1.82, 2.24) is 10.2 Å². The predicted octanol–water partition coefficient (Wildman–Crippen LogP) is 3.60. The van der Waals surface area contributed by atoms with Gasteiger partial charge in [0.2, 0.25) is 0 Å². The molecule has 5 nitrogen and oxygen atoms in total. The first kappa shape index (κ1) is 22.3. The first-order valence-electron chi connectivity index (χ1n) is 10.2. The molecule has 27 heavy (non-hydrogen) atoms. The van der Waals surface area contributed by atoms with Crippen LogP contribution in [0.25, 0.3) is 0 Å². The Morgan fingerprint density at radius 3 is 2.74 bits per heavy atom. The fourth-order valence-electron chi connectivity index (χ4n) is 4.07. The highest BCUT2D eigenvalue weighted by atomic mass is 127. The van der Waals surface area contributed by atoms with Gasteiger partial charge in [-0.15, -0.1) is 24.0 Å². The molecule has 2 heterocycles. The Bertz CT molecular complexity index is 575. The summed E-state index contributed by atoms with van der Waals surface area (Å²) in [5.41, 5.74) is 1.68. The van der Waals surface area contributed by atoms with Crippen molar-refractivity contribution in [3.8, 4) is 0 Å². The van der Waals surface area contributed by atoms with Gasteiger partial charge < -0.3 is 19.9 Å². The summed E-state index contributed by atoms with van der Waals surface area (Å²) in [5.74, 6) is 1.08. The van der Waals surface area contributed by atoms with Crippen molar-refractivity contribution < 1.29 is 4.74 Å². The van der Waals surface area contributed by atoms with Gasteiger partial charge in [-0.25, -0.2) is 0 Å². The number of para-hydroxylation sites is 1. The maximum atomic E-state index is 5.66. The quantitative estimate of drug-likeness (QED) is 0.277. The van der Waals surface area contributed by atoms with Gasteiger partial charge in [-0.05, 0) is 45.2 Å². The minimum atomic E-state index is 0. The second kappa shape index (κ2) is 11.1. The highest BCUT2D eigenvalue weighted by molar-refractivity contribution is 14.0. The molecule has 0 radical (unpaired) electrons. The van der Waals surface area contributed by atoms with Gasteiger partial charge in [0.05, 0.1) is 6.61 Å². The predicted molar refractivity (Wildman–Crippen MR) is 124 cm³/mol. The van der Waals surface area contributed by atoms with E-state index >= 15 is 0 Å². The van der Waals surface area contributed by atoms with Crippen molar-refractivity contribution in [3.05, 3.63) is 30.3 Å². The van der Waals surface area contributed by atoms with Crippen LogP contribution in [0.5, 0.6) is 0 Å². The maximum absolute atomic E-state index is 5.66. The third-order valence-electron chi connectivity index (χ3n) is 5.61. The van der Waals surface area contributed by atoms with E-state index in [1.807, 2.05) is 0 Å². The Labute approximate surface area is 181 Å². The Morgan fingerprint density at radius 1 is 1.26 bits per heavy atom. The fraction of sp³-hybridized carbons (Fsp3) is 0.667. The third-order valence-corrected chi connectivity index (χ3v) is 5.61. The summed E-state index contributed by atoms with van der Waals surface area (Å²) in [6.07, 6.45) is 3.50. The summed E-state index contributed by atoms with van der Waals surface area (Å²) in [7, 11) is 0. The van der Waals surface area contributed by atoms with Crippen LogP contribution in [0, 0.1) is 5.41 Å². The Kier molecular flexibility index (Phi) is 9.15. The number of hydrogen-bond acceptors (Lipinski definition) is 3. The normalized spacial score (nSPS) is 22.1. The summed E-state index contributed by atoms with van der Waals surface area (Å²) in [5, 5.41) is 3.49. The number of hydrogen-bond donors (Lipinski definition) is 1. The Morgan fingerprint density at radius 2 is 2.07 bits per heavy atom. The number of rotatable bonds is 7. The van der Waals surface area contributed by atoms with Gasteiger partial charge in [-0.2, -0.15) is 0 Å². The zero-order valence-corrected chi connectivity index (χ0v) is 19.2. The average Bonchev–Trinajstić information content (AvgIpc) is 3.31. The molecular weight excluding hydrogens is 451 g/mol. The van der Waals surface area contributed by atoms with Gasteiger partial charge in [-0.3, -0.25) is 4.99 Å². The molecule has 1 spiro atoms. The number of likely N-dealkylation sites (tertiary alicyclic amines) is 1. The second-order valence-electron chi connectivity index (χ2n) is 7.48. The van der Waals surface area contributed by atoms with Gasteiger partial charge >= 0.3 is 0 Å². The Hall–Kier alpha value is -1.02. The molecular formula is C21H35IN4O. The molecule has 2 fully saturated rings. The molecule has 2 saturated heterocycles. The molecule has 1 aromatic rings. The molecule has 152 valence electrons. The zero-order valence-electron chi connectivity index (χ0n) is 16.8. The van der Waals surface area contributed by atoms with Crippen LogP contribution in [0.4, 0.5) is 5.69 Å². The number of ether oxygens (including phenoxy) is 1. The first-order valence-corrected chi connectivity index (χ1v) is 10.2. The lowest BCUT2D eigenvalue weighted by molar-refractivity contribution is 0.156. The van der Waals surface area contributed by atoms with Crippen LogP contribution < -0.4 is 10.2 Å². The smallest absolute Gasteiger partial charge is 0.193 e. The molecule has 0 aromatic heterocycles. The van der Waals surface area contributed by atoms with Gasteiger partial charge in [0.1, 0.15) is 0 Å². The van der Waals surface area contributed by atoms with Crippen LogP contribution in [-0.2, 0) is 4.74 Å². The number of anilines is 1. The molecule has 3 rings (SSSR count). The van der Waals surface area contributed by atoms with E-state index in [9.17, 15) is 0 Å². The standard InChI is InChI=1S/C21H34N4O.HI/c1-3-22-20(25-15-11-21(17-25)12-16-26-18-21)23-13-8-14-24(4-2)19-9-6-5-7-10-19;/h5-7,9-10H,3-4,8,11-18H2,1-2H3,(H,22,23);1H. The van der Waals surface area contributed by atoms with Crippen molar-refractivity contribution in [3.63, 3.8) is 0 Å². The van der Waals surface area contributed by atoms with Gasteiger partial charge in [-0.1, -0.05) is 18.2 Å². The van der Waals surface area contributed by atoms with Crippen molar-refractivity contribution in [2.45, 2.75) is 33.1 Å². The SMILES string of the molecule is CCNC(=NCCCN(CC)c1ccccc1)N1CCC2(CCOC2)C1.I. The van der Waals surface area contributed by atoms with Crippen LogP contribution in [0.15, 0.2) is 35.3 Å². The molecule has 0 saturated carbocycles. The summed E-state index contributed by atoms with van der Waals surface area (Å²) in [4.78, 5) is 9.77. The lowest BCUT2D eigenvalue weighted by Crippen LogP contribution is -2.41. The second-order valence-corrected chi connectivity index (χ2v) is 7.48. The summed E-state index contributed by atoms with van der Waals surface area (Å²) in [6, 6.07) is 10.7. The topological polar surface area (TPSA) is 40.1 Å². The van der Waals surface area contributed by atoms with E-state index < -0.39 is 0 Å². The molecule has 2 aliphatic heterocycles. The largest absolute Gasteiger partial charge is 0.381 e. The number of nitrogens with one attached hydrogen (secondary N) is 1. The molecule has 0 aliphatic carbocycles. The van der Waals surface area contributed by atoms with Crippen LogP contribution in [0.1, 0.15) is 33.1 Å². The number of guanidine groups is 1. The van der Waals surface area contributed by atoms with E-state index in [0.29, 0.717) is 5.41 Å². The molecule has 1 aromatic carbocycles. The molecule has 1 unspecified atom stereocenters. The molecule has 0 amide bonds. The summed E-state index contributed by atoms with van der Waals surface area (Å²) < 4.78 is 5.66. The van der Waals surface area contributed by atoms with Gasteiger partial charge in [0, 0.05) is 57.0 Å². The highest BCUT2D eigenvalue weighted by Crippen LogP contribution is 2.38. The van der Waals surface area contributed by atoms with E-state index in [4.69, 9.17) is 9.73 Å². The molecule has 1 atom stereocenters. The van der Waals surface area contributed by atoms with Crippen LogP contribution in [0.2, 0.25) is 0 Å². The van der Waals surface area contributed by atoms with Crippen LogP contribution in [-0.4, -0.2) is 63.3 Å². The number of nitrogens with zero attached hydrogens (tertiary/aromatic N) is 3. The number of aliphatic imine (C=N–C) groups is 1. The summed E-state index contributed by atoms with van der Waals surface area (Å²) in [6.45, 7) is 12.3. The zero-order chi connectivity index (χ0) is 18.2. The van der Waals surface area contributed by atoms with Crippen molar-refractivity contribution >= 4 is 35.6 Å². The minimum Gasteiger partial charge on any atom is -0.381 e. The van der Waals surface area contributed by atoms with Crippen molar-refractivity contribution in [2.24, 2.45) is 10.4 Å². The van der Waals surface area contributed by atoms with Crippen molar-refractivity contribution in [1.29, 1.82) is 0 Å². The van der Waals surface area contributed by atoms with E-state index in [-0.39, 0.29) is 24.0 Å². The number of halogens is 1. The molecule has 1 N–H and O–H groups in total. The lowest BCUT2D eigenvalue weighted by atomic mass is 9.87. The highest BCUT2D eigenvalue weighted by Gasteiger charge is 2.42. The van der Waals surface area contributed by atoms with Crippen LogP contribution >= 0.6 is 24.0 Å². The van der Waals surface area contributed by atoms with E-state index in [0.717, 1.165) is 64.9 Å². The van der Waals surface area contributed by atoms with Crippen LogP contribution in [0.3, 0.4) is 0 Å². The van der Waals surface area contributed by atoms with E-state index in [1.165, 1.54) is 18.5 Å². The molecule has 6 heteroatoms.